The molecule has 1 aliphatic heterocycles. The minimum absolute atomic E-state index is 0.0408. The molecule has 104 valence electrons. The number of hydrogen-bond donors (Lipinski definition) is 0. The van der Waals surface area contributed by atoms with Gasteiger partial charge in [0.15, 0.2) is 5.78 Å². The molecule has 4 nitrogen and oxygen atoms in total. The zero-order chi connectivity index (χ0) is 14.2. The predicted octanol–water partition coefficient (Wildman–Crippen LogP) is 2.19. The lowest BCUT2D eigenvalue weighted by Gasteiger charge is -2.30. The Hall–Kier alpha value is -1.50. The van der Waals surface area contributed by atoms with E-state index in [0.717, 1.165) is 4.31 Å². The first-order valence-corrected chi connectivity index (χ1v) is 7.28. The summed E-state index contributed by atoms with van der Waals surface area (Å²) in [5.74, 6) is -3.58. The Morgan fingerprint density at radius 2 is 2.05 bits per heavy atom. The van der Waals surface area contributed by atoms with Gasteiger partial charge in [0.1, 0.15) is 0 Å². The van der Waals surface area contributed by atoms with Crippen LogP contribution in [-0.4, -0.2) is 26.5 Å². The molecule has 1 aliphatic rings. The van der Waals surface area contributed by atoms with Gasteiger partial charge < -0.3 is 0 Å². The first-order valence-electron chi connectivity index (χ1n) is 5.77. The van der Waals surface area contributed by atoms with E-state index in [1.54, 1.807) is 6.07 Å². The molecule has 0 saturated heterocycles. The van der Waals surface area contributed by atoms with Gasteiger partial charge in [0.25, 0.3) is 10.0 Å². The number of aryl methyl sites for hydroxylation is 1. The van der Waals surface area contributed by atoms with Crippen molar-refractivity contribution in [3.05, 3.63) is 29.3 Å². The van der Waals surface area contributed by atoms with Crippen LogP contribution in [0.3, 0.4) is 0 Å². The van der Waals surface area contributed by atoms with Crippen LogP contribution in [0.5, 0.6) is 0 Å². The number of carbonyl (C=O) groups excluding carboxylic acids is 1. The molecule has 0 saturated carbocycles. The van der Waals surface area contributed by atoms with Crippen molar-refractivity contribution in [2.75, 3.05) is 10.8 Å². The summed E-state index contributed by atoms with van der Waals surface area (Å²) in [5, 5.41) is 0. The molecule has 1 aromatic rings. The van der Waals surface area contributed by atoms with Crippen LogP contribution in [0, 0.1) is 0 Å². The molecule has 19 heavy (non-hydrogen) atoms. The predicted molar refractivity (Wildman–Crippen MR) is 67.0 cm³/mol. The highest BCUT2D eigenvalue weighted by atomic mass is 32.2. The molecule has 0 atom stereocenters. The van der Waals surface area contributed by atoms with Crippen molar-refractivity contribution in [1.82, 2.24) is 0 Å². The number of sulfonamides is 1. The SMILES string of the molecule is CC(=O)c1ccc2c(c1)CCCN2S(=O)(=O)C(F)F. The number of hydrogen-bond acceptors (Lipinski definition) is 3. The van der Waals surface area contributed by atoms with Crippen LogP contribution in [0.15, 0.2) is 18.2 Å². The zero-order valence-electron chi connectivity index (χ0n) is 10.3. The fraction of sp³-hybridized carbons (Fsp3) is 0.417. The normalized spacial score (nSPS) is 15.5. The summed E-state index contributed by atoms with van der Waals surface area (Å²) in [4.78, 5) is 11.3. The number of fused-ring (bicyclic) bond motifs is 1. The molecular formula is C12H13F2NO3S. The third-order valence-corrected chi connectivity index (χ3v) is 4.54. The standard InChI is InChI=1S/C12H13F2NO3S/c1-8(16)9-4-5-11-10(7-9)3-2-6-15(11)19(17,18)12(13)14/h4-5,7,12H,2-3,6H2,1H3. The first kappa shape index (κ1) is 13.9. The molecule has 2 rings (SSSR count). The van der Waals surface area contributed by atoms with Gasteiger partial charge in [-0.25, -0.2) is 8.42 Å². The Kier molecular flexibility index (Phi) is 3.58. The minimum atomic E-state index is -4.63. The summed E-state index contributed by atoms with van der Waals surface area (Å²) < 4.78 is 49.1. The van der Waals surface area contributed by atoms with E-state index in [4.69, 9.17) is 0 Å². The number of carbonyl (C=O) groups is 1. The molecule has 0 N–H and O–H groups in total. The molecule has 1 heterocycles. The van der Waals surface area contributed by atoms with Crippen molar-refractivity contribution in [1.29, 1.82) is 0 Å². The maximum absolute atomic E-state index is 12.6. The topological polar surface area (TPSA) is 54.5 Å². The van der Waals surface area contributed by atoms with Crippen LogP contribution < -0.4 is 4.31 Å². The highest BCUT2D eigenvalue weighted by molar-refractivity contribution is 7.93. The van der Waals surface area contributed by atoms with Gasteiger partial charge in [0.05, 0.1) is 5.69 Å². The van der Waals surface area contributed by atoms with Gasteiger partial charge in [0.2, 0.25) is 0 Å². The van der Waals surface area contributed by atoms with Gasteiger partial charge in [-0.2, -0.15) is 8.78 Å². The Morgan fingerprint density at radius 3 is 2.63 bits per heavy atom. The number of benzene rings is 1. The lowest BCUT2D eigenvalue weighted by atomic mass is 9.99. The number of rotatable bonds is 3. The van der Waals surface area contributed by atoms with Crippen molar-refractivity contribution in [3.63, 3.8) is 0 Å². The van der Waals surface area contributed by atoms with Crippen LogP contribution in [-0.2, 0) is 16.4 Å². The smallest absolute Gasteiger partial charge is 0.295 e. The molecule has 0 aliphatic carbocycles. The Labute approximate surface area is 110 Å². The number of anilines is 1. The number of ketones is 1. The van der Waals surface area contributed by atoms with E-state index in [-0.39, 0.29) is 18.0 Å². The molecule has 0 spiro atoms. The van der Waals surface area contributed by atoms with Crippen LogP contribution in [0.2, 0.25) is 0 Å². The van der Waals surface area contributed by atoms with Gasteiger partial charge in [-0.3, -0.25) is 9.10 Å². The lowest BCUT2D eigenvalue weighted by molar-refractivity contribution is 0.101. The molecule has 1 aromatic carbocycles. The lowest BCUT2D eigenvalue weighted by Crippen LogP contribution is -2.39. The van der Waals surface area contributed by atoms with Crippen molar-refractivity contribution < 1.29 is 22.0 Å². The summed E-state index contributed by atoms with van der Waals surface area (Å²) in [6, 6.07) is 4.45. The Balaban J connectivity index is 2.49. The first-order chi connectivity index (χ1) is 8.84. The van der Waals surface area contributed by atoms with E-state index in [0.29, 0.717) is 24.0 Å². The molecule has 0 amide bonds. The largest absolute Gasteiger partial charge is 0.355 e. The van der Waals surface area contributed by atoms with Gasteiger partial charge in [-0.15, -0.1) is 0 Å². The molecule has 0 unspecified atom stereocenters. The van der Waals surface area contributed by atoms with Crippen molar-refractivity contribution >= 4 is 21.5 Å². The molecule has 0 aromatic heterocycles. The highest BCUT2D eigenvalue weighted by Crippen LogP contribution is 2.32. The van der Waals surface area contributed by atoms with Gasteiger partial charge in [-0.1, -0.05) is 0 Å². The average molecular weight is 289 g/mol. The minimum Gasteiger partial charge on any atom is -0.295 e. The summed E-state index contributed by atoms with van der Waals surface area (Å²) >= 11 is 0. The second kappa shape index (κ2) is 4.88. The third-order valence-electron chi connectivity index (χ3n) is 3.09. The fourth-order valence-corrected chi connectivity index (χ4v) is 3.17. The number of alkyl halides is 2. The Morgan fingerprint density at radius 1 is 1.37 bits per heavy atom. The van der Waals surface area contributed by atoms with E-state index < -0.39 is 15.8 Å². The maximum atomic E-state index is 12.6. The highest BCUT2D eigenvalue weighted by Gasteiger charge is 2.34. The average Bonchev–Trinajstić information content (AvgIpc) is 2.36. The van der Waals surface area contributed by atoms with Crippen molar-refractivity contribution in [2.45, 2.75) is 25.5 Å². The summed E-state index contributed by atoms with van der Waals surface area (Å²) in [6.45, 7) is 1.44. The number of halogens is 2. The van der Waals surface area contributed by atoms with Gasteiger partial charge in [0, 0.05) is 12.1 Å². The van der Waals surface area contributed by atoms with Crippen molar-refractivity contribution in [3.8, 4) is 0 Å². The second-order valence-corrected chi connectivity index (χ2v) is 6.21. The zero-order valence-corrected chi connectivity index (χ0v) is 11.1. The molecule has 0 bridgehead atoms. The van der Waals surface area contributed by atoms with E-state index in [9.17, 15) is 22.0 Å². The van der Waals surface area contributed by atoms with Crippen LogP contribution in [0.1, 0.15) is 29.3 Å². The number of nitrogens with zero attached hydrogens (tertiary/aromatic N) is 1. The molecule has 0 fully saturated rings. The van der Waals surface area contributed by atoms with Crippen molar-refractivity contribution in [2.24, 2.45) is 0 Å². The second-order valence-electron chi connectivity index (χ2n) is 4.38. The van der Waals surface area contributed by atoms with Gasteiger partial charge >= 0.3 is 5.76 Å². The summed E-state index contributed by atoms with van der Waals surface area (Å²) in [5.41, 5.74) is 1.31. The Bertz CT molecular complexity index is 613. The molecular weight excluding hydrogens is 276 g/mol. The monoisotopic (exact) mass is 289 g/mol. The molecule has 0 radical (unpaired) electrons. The van der Waals surface area contributed by atoms with E-state index in [2.05, 4.69) is 0 Å². The van der Waals surface area contributed by atoms with E-state index in [1.165, 1.54) is 19.1 Å². The number of Topliss-reactive ketones (excluding diaryl/α,β-unsaturated/α-hetero) is 1. The van der Waals surface area contributed by atoms with Crippen LogP contribution in [0.4, 0.5) is 14.5 Å². The van der Waals surface area contributed by atoms with E-state index >= 15 is 0 Å². The van der Waals surface area contributed by atoms with Gasteiger partial charge in [-0.05, 0) is 43.5 Å². The summed E-state index contributed by atoms with van der Waals surface area (Å²) in [6.07, 6.45) is 1.03. The quantitative estimate of drug-likeness (QED) is 0.802. The van der Waals surface area contributed by atoms with E-state index in [1.807, 2.05) is 0 Å². The third kappa shape index (κ3) is 2.47. The van der Waals surface area contributed by atoms with Crippen LogP contribution >= 0.6 is 0 Å². The maximum Gasteiger partial charge on any atom is 0.355 e. The van der Waals surface area contributed by atoms with Crippen LogP contribution in [0.25, 0.3) is 0 Å². The summed E-state index contributed by atoms with van der Waals surface area (Å²) in [7, 11) is -4.63. The molecule has 7 heteroatoms. The fourth-order valence-electron chi connectivity index (χ4n) is 2.14.